The summed E-state index contributed by atoms with van der Waals surface area (Å²) in [6.45, 7) is 8.39. The maximum atomic E-state index is 14.3. The molecule has 0 amide bonds. The van der Waals surface area contributed by atoms with Crippen LogP contribution in [0, 0.1) is 17.8 Å². The van der Waals surface area contributed by atoms with Crippen molar-refractivity contribution in [1.82, 2.24) is 15.0 Å². The van der Waals surface area contributed by atoms with Gasteiger partial charge < -0.3 is 0 Å². The minimum absolute atomic E-state index is 0.100. The average Bonchev–Trinajstić information content (AvgIpc) is 3.37. The molecule has 3 atom stereocenters. The minimum atomic E-state index is -2.77. The van der Waals surface area contributed by atoms with E-state index in [2.05, 4.69) is 44.9 Å². The second-order valence-electron chi connectivity index (χ2n) is 12.0. The molecule has 0 radical (unpaired) electrons. The molecule has 1 aromatic carbocycles. The number of carbonyl (C=O) groups is 2. The molecule has 0 bridgehead atoms. The first kappa shape index (κ1) is 30.7. The number of hydrogen-bond acceptors (Lipinski definition) is 5. The van der Waals surface area contributed by atoms with Gasteiger partial charge in [0.25, 0.3) is 0 Å². The number of unbranched alkanes of at least 4 members (excludes halogenated alkanes) is 4. The van der Waals surface area contributed by atoms with Crippen molar-refractivity contribution < 1.29 is 14.1 Å². The molecule has 3 unspecified atom stereocenters. The fourth-order valence-corrected chi connectivity index (χ4v) is 13.3. The average molecular weight is 546 g/mol. The van der Waals surface area contributed by atoms with E-state index in [9.17, 15) is 9.59 Å². The van der Waals surface area contributed by atoms with Crippen LogP contribution in [0.2, 0.25) is 0 Å². The summed E-state index contributed by atoms with van der Waals surface area (Å²) in [6.07, 6.45) is 15.4. The number of carbonyl (C=O) groups excluding carboxylic acids is 2. The molecule has 1 aliphatic carbocycles. The third kappa shape index (κ3) is 7.03. The van der Waals surface area contributed by atoms with E-state index in [0.717, 1.165) is 82.4 Å². The van der Waals surface area contributed by atoms with Gasteiger partial charge in [-0.25, -0.2) is 0 Å². The predicted molar refractivity (Wildman–Crippen MR) is 160 cm³/mol. The van der Waals surface area contributed by atoms with Gasteiger partial charge in [0.05, 0.1) is 0 Å². The van der Waals surface area contributed by atoms with E-state index in [1.807, 2.05) is 24.3 Å². The van der Waals surface area contributed by atoms with Gasteiger partial charge in [-0.2, -0.15) is 0 Å². The Balaban J connectivity index is 1.98. The molecule has 0 spiro atoms. The van der Waals surface area contributed by atoms with E-state index in [4.69, 9.17) is 4.52 Å². The second-order valence-corrected chi connectivity index (χ2v) is 17.7. The summed E-state index contributed by atoms with van der Waals surface area (Å²) in [5.74, 6) is -0.657. The summed E-state index contributed by atoms with van der Waals surface area (Å²) < 4.78 is 8.52. The van der Waals surface area contributed by atoms with Crippen LogP contribution in [0.3, 0.4) is 0 Å². The molecule has 1 fully saturated rings. The molecule has 0 saturated heterocycles. The van der Waals surface area contributed by atoms with Crippen LogP contribution in [0.5, 0.6) is 0 Å². The molecule has 38 heavy (non-hydrogen) atoms. The molecule has 1 aliphatic rings. The van der Waals surface area contributed by atoms with Gasteiger partial charge >= 0.3 is 231 Å². The topological polar surface area (TPSA) is 74.1 Å². The number of benzene rings is 1. The zero-order valence-electron chi connectivity index (χ0n) is 24.7. The summed E-state index contributed by atoms with van der Waals surface area (Å²) in [6, 6.07) is 7.55. The standard InChI is InChI=1S/C31H52N3O3P/c1-6-10-20-38(21-11-7-2,22-12-8-3,23-13-9-4)37-31(36)26-19-18-25(5)24-27(26)30(35)34-29-17-15-14-16-28(29)32-33-34/h14-17,25-27H,6-13,18-24H2,1-5H3. The van der Waals surface area contributed by atoms with Gasteiger partial charge in [0.1, 0.15) is 0 Å². The summed E-state index contributed by atoms with van der Waals surface area (Å²) >= 11 is 0. The molecule has 6 nitrogen and oxygen atoms in total. The molecule has 1 heterocycles. The molecule has 7 heteroatoms. The van der Waals surface area contributed by atoms with Crippen molar-refractivity contribution in [3.05, 3.63) is 24.3 Å². The van der Waals surface area contributed by atoms with Crippen LogP contribution >= 0.6 is 6.83 Å². The van der Waals surface area contributed by atoms with Crippen molar-refractivity contribution in [2.75, 3.05) is 24.6 Å². The fraction of sp³-hybridized carbons (Fsp3) is 0.742. The summed E-state index contributed by atoms with van der Waals surface area (Å²) in [4.78, 5) is 28.3. The van der Waals surface area contributed by atoms with Crippen LogP contribution in [-0.4, -0.2) is 51.5 Å². The third-order valence-electron chi connectivity index (χ3n) is 8.95. The Labute approximate surface area is 230 Å². The molecule has 1 saturated carbocycles. The molecule has 3 rings (SSSR count). The van der Waals surface area contributed by atoms with Crippen LogP contribution in [-0.2, 0) is 9.32 Å². The molecular formula is C31H52N3O3P. The van der Waals surface area contributed by atoms with E-state index in [1.165, 1.54) is 4.68 Å². The van der Waals surface area contributed by atoms with Crippen molar-refractivity contribution >= 4 is 29.7 Å². The zero-order chi connectivity index (χ0) is 27.6. The summed E-state index contributed by atoms with van der Waals surface area (Å²) in [7, 11) is 0. The Bertz CT molecular complexity index is 1010. The monoisotopic (exact) mass is 545 g/mol. The Morgan fingerprint density at radius 1 is 0.868 bits per heavy atom. The van der Waals surface area contributed by atoms with Gasteiger partial charge in [0, 0.05) is 0 Å². The number of fused-ring (bicyclic) bond motifs is 1. The summed E-state index contributed by atoms with van der Waals surface area (Å²) in [5.41, 5.74) is 1.41. The quantitative estimate of drug-likeness (QED) is 0.210. The van der Waals surface area contributed by atoms with E-state index in [0.29, 0.717) is 29.8 Å². The maximum absolute atomic E-state index is 14.3. The number of aromatic nitrogens is 3. The summed E-state index contributed by atoms with van der Waals surface area (Å²) in [5, 5.41) is 8.42. The van der Waals surface area contributed by atoms with E-state index >= 15 is 0 Å². The molecule has 2 aromatic rings. The molecule has 1 aromatic heterocycles. The van der Waals surface area contributed by atoms with E-state index in [1.54, 1.807) is 0 Å². The van der Waals surface area contributed by atoms with Crippen LogP contribution in [0.1, 0.15) is 110 Å². The van der Waals surface area contributed by atoms with E-state index < -0.39 is 18.7 Å². The number of hydrogen-bond donors (Lipinski definition) is 0. The van der Waals surface area contributed by atoms with Gasteiger partial charge in [-0.05, 0) is 0 Å². The zero-order valence-corrected chi connectivity index (χ0v) is 25.6. The van der Waals surface area contributed by atoms with Crippen molar-refractivity contribution in [3.63, 3.8) is 0 Å². The molecule has 0 aliphatic heterocycles. The molecule has 0 N–H and O–H groups in total. The number of nitrogens with zero attached hydrogens (tertiary/aromatic N) is 3. The fourth-order valence-electron chi connectivity index (χ4n) is 6.53. The Morgan fingerprint density at radius 3 is 1.97 bits per heavy atom. The predicted octanol–water partition coefficient (Wildman–Crippen LogP) is 8.34. The molecule has 214 valence electrons. The van der Waals surface area contributed by atoms with Crippen molar-refractivity contribution in [1.29, 1.82) is 0 Å². The van der Waals surface area contributed by atoms with Crippen molar-refractivity contribution in [2.24, 2.45) is 17.8 Å². The van der Waals surface area contributed by atoms with Crippen LogP contribution in [0.15, 0.2) is 24.3 Å². The Hall–Kier alpha value is -1.81. The first-order valence-corrected chi connectivity index (χ1v) is 18.3. The number of para-hydroxylation sites is 1. The second kappa shape index (κ2) is 14.0. The van der Waals surface area contributed by atoms with Gasteiger partial charge in [-0.3, -0.25) is 0 Å². The van der Waals surface area contributed by atoms with Crippen molar-refractivity contribution in [2.45, 2.75) is 105 Å². The van der Waals surface area contributed by atoms with Gasteiger partial charge in [-0.15, -0.1) is 0 Å². The number of rotatable bonds is 15. The first-order valence-electron chi connectivity index (χ1n) is 15.4. The van der Waals surface area contributed by atoms with Gasteiger partial charge in [0.2, 0.25) is 0 Å². The normalized spacial score (nSPS) is 21.2. The Kier molecular flexibility index (Phi) is 11.3. The third-order valence-corrected chi connectivity index (χ3v) is 15.4. The van der Waals surface area contributed by atoms with Crippen LogP contribution in [0.25, 0.3) is 11.0 Å². The van der Waals surface area contributed by atoms with E-state index in [-0.39, 0.29) is 11.9 Å². The first-order chi connectivity index (χ1) is 18.3. The van der Waals surface area contributed by atoms with Crippen LogP contribution in [0.4, 0.5) is 0 Å². The van der Waals surface area contributed by atoms with Crippen LogP contribution < -0.4 is 0 Å². The Morgan fingerprint density at radius 2 is 1.42 bits per heavy atom. The van der Waals surface area contributed by atoms with Crippen molar-refractivity contribution in [3.8, 4) is 0 Å². The van der Waals surface area contributed by atoms with Gasteiger partial charge in [-0.1, -0.05) is 0 Å². The van der Waals surface area contributed by atoms with Gasteiger partial charge in [0.15, 0.2) is 0 Å². The SMILES string of the molecule is CCCCP(CCCC)(CCCC)(CCCC)OC(=O)C1CCC(C)CC1C(=O)n1nnc2ccccc21. The molecular weight excluding hydrogens is 493 g/mol.